The van der Waals surface area contributed by atoms with E-state index < -0.39 is 0 Å². The summed E-state index contributed by atoms with van der Waals surface area (Å²) in [6.07, 6.45) is 2.69. The molecule has 0 saturated carbocycles. The first kappa shape index (κ1) is 19.8. The second kappa shape index (κ2) is 9.87. The van der Waals surface area contributed by atoms with Gasteiger partial charge in [0.15, 0.2) is 5.96 Å². The molecule has 6 nitrogen and oxygen atoms in total. The van der Waals surface area contributed by atoms with Crippen LogP contribution in [0.3, 0.4) is 0 Å². The number of aliphatic imine (C=N–C) groups is 1. The van der Waals surface area contributed by atoms with Crippen LogP contribution in [0.25, 0.3) is 0 Å². The molecule has 7 heteroatoms. The molecule has 0 aliphatic heterocycles. The second-order valence-electron chi connectivity index (χ2n) is 6.07. The number of benzene rings is 1. The van der Waals surface area contributed by atoms with Gasteiger partial charge in [-0.3, -0.25) is 9.79 Å². The number of aryl methyl sites for hydroxylation is 1. The fourth-order valence-corrected chi connectivity index (χ4v) is 2.88. The Morgan fingerprint density at radius 3 is 2.54 bits per heavy atom. The van der Waals surface area contributed by atoms with Gasteiger partial charge in [-0.15, -0.1) is 0 Å². The number of aromatic nitrogens is 1. The van der Waals surface area contributed by atoms with Gasteiger partial charge >= 0.3 is 0 Å². The van der Waals surface area contributed by atoms with Crippen LogP contribution < -0.4 is 10.6 Å². The zero-order chi connectivity index (χ0) is 18.9. The number of nitrogens with one attached hydrogen (secondary N) is 2. The van der Waals surface area contributed by atoms with Gasteiger partial charge in [0.1, 0.15) is 0 Å². The lowest BCUT2D eigenvalue weighted by Crippen LogP contribution is -2.40. The van der Waals surface area contributed by atoms with Crippen LogP contribution >= 0.6 is 11.6 Å². The lowest BCUT2D eigenvalue weighted by atomic mass is 10.2. The molecule has 2 N–H and O–H groups in total. The molecule has 0 fully saturated rings. The first-order valence-electron chi connectivity index (χ1n) is 8.57. The Labute approximate surface area is 159 Å². The van der Waals surface area contributed by atoms with Crippen molar-refractivity contribution in [3.05, 3.63) is 58.9 Å². The van der Waals surface area contributed by atoms with Crippen molar-refractivity contribution in [2.24, 2.45) is 12.0 Å². The summed E-state index contributed by atoms with van der Waals surface area (Å²) < 4.78 is 2.01. The van der Waals surface area contributed by atoms with Crippen molar-refractivity contribution in [1.82, 2.24) is 20.1 Å². The molecule has 26 heavy (non-hydrogen) atoms. The van der Waals surface area contributed by atoms with Crippen LogP contribution in [0.5, 0.6) is 0 Å². The van der Waals surface area contributed by atoms with Crippen LogP contribution in [0.2, 0.25) is 5.02 Å². The highest BCUT2D eigenvalue weighted by Crippen LogP contribution is 2.14. The average molecular weight is 376 g/mol. The molecular weight excluding hydrogens is 350 g/mol. The number of halogens is 1. The maximum atomic E-state index is 12.0. The van der Waals surface area contributed by atoms with Gasteiger partial charge in [-0.25, -0.2) is 0 Å². The lowest BCUT2D eigenvalue weighted by molar-refractivity contribution is 0.0953. The molecule has 0 aliphatic rings. The molecule has 0 aliphatic carbocycles. The van der Waals surface area contributed by atoms with Crippen molar-refractivity contribution in [2.45, 2.75) is 13.0 Å². The topological polar surface area (TPSA) is 61.7 Å². The van der Waals surface area contributed by atoms with Crippen molar-refractivity contribution < 1.29 is 4.79 Å². The highest BCUT2D eigenvalue weighted by Gasteiger charge is 2.09. The van der Waals surface area contributed by atoms with Crippen LogP contribution in [0.4, 0.5) is 0 Å². The first-order chi connectivity index (χ1) is 12.5. The maximum Gasteiger partial charge on any atom is 0.251 e. The fraction of sp³-hybridized carbons (Fsp3) is 0.368. The van der Waals surface area contributed by atoms with Crippen molar-refractivity contribution in [1.29, 1.82) is 0 Å². The van der Waals surface area contributed by atoms with E-state index in [9.17, 15) is 4.79 Å². The van der Waals surface area contributed by atoms with E-state index in [1.807, 2.05) is 54.0 Å². The minimum atomic E-state index is -0.0484. The Kier molecular flexibility index (Phi) is 7.53. The lowest BCUT2D eigenvalue weighted by Gasteiger charge is -2.22. The molecule has 0 bridgehead atoms. The average Bonchev–Trinajstić information content (AvgIpc) is 2.95. The summed E-state index contributed by atoms with van der Waals surface area (Å²) in [7, 11) is 5.71. The maximum absolute atomic E-state index is 12.0. The molecule has 1 amide bonds. The molecule has 0 atom stereocenters. The summed E-state index contributed by atoms with van der Waals surface area (Å²) in [5.41, 5.74) is 1.79. The van der Waals surface area contributed by atoms with E-state index in [-0.39, 0.29) is 5.91 Å². The Morgan fingerprint density at radius 1 is 1.23 bits per heavy atom. The summed E-state index contributed by atoms with van der Waals surface area (Å²) in [6.45, 7) is 2.03. The zero-order valence-corrected chi connectivity index (χ0v) is 16.3. The molecular formula is C19H26ClN5O. The minimum Gasteiger partial charge on any atom is -0.356 e. The third-order valence-corrected chi connectivity index (χ3v) is 4.21. The normalized spacial score (nSPS) is 11.3. The molecule has 0 unspecified atom stereocenters. The number of carbonyl (C=O) groups is 1. The Morgan fingerprint density at radius 2 is 1.92 bits per heavy atom. The van der Waals surface area contributed by atoms with E-state index in [0.29, 0.717) is 18.7 Å². The van der Waals surface area contributed by atoms with Gasteiger partial charge in [0.25, 0.3) is 5.91 Å². The summed E-state index contributed by atoms with van der Waals surface area (Å²) in [5, 5.41) is 6.96. The number of rotatable bonds is 7. The van der Waals surface area contributed by atoms with E-state index in [2.05, 4.69) is 15.6 Å². The van der Waals surface area contributed by atoms with E-state index in [4.69, 9.17) is 11.6 Å². The Hall–Kier alpha value is -2.47. The predicted octanol–water partition coefficient (Wildman–Crippen LogP) is 2.51. The van der Waals surface area contributed by atoms with Gasteiger partial charge in [-0.1, -0.05) is 29.8 Å². The number of nitrogens with zero attached hydrogens (tertiary/aromatic N) is 3. The summed E-state index contributed by atoms with van der Waals surface area (Å²) in [5.74, 6) is 0.754. The number of hydrogen-bond donors (Lipinski definition) is 2. The largest absolute Gasteiger partial charge is 0.356 e. The molecule has 1 aromatic carbocycles. The van der Waals surface area contributed by atoms with Crippen molar-refractivity contribution >= 4 is 23.5 Å². The van der Waals surface area contributed by atoms with Gasteiger partial charge in [-0.2, -0.15) is 0 Å². The molecule has 0 spiro atoms. The highest BCUT2D eigenvalue weighted by molar-refractivity contribution is 6.30. The summed E-state index contributed by atoms with van der Waals surface area (Å²) in [6, 6.07) is 11.2. The summed E-state index contributed by atoms with van der Waals surface area (Å²) >= 11 is 6.03. The minimum absolute atomic E-state index is 0.0484. The van der Waals surface area contributed by atoms with E-state index in [1.165, 1.54) is 0 Å². The van der Waals surface area contributed by atoms with Gasteiger partial charge in [0.2, 0.25) is 0 Å². The highest BCUT2D eigenvalue weighted by atomic mass is 35.5. The molecule has 140 valence electrons. The van der Waals surface area contributed by atoms with E-state index in [1.54, 1.807) is 19.2 Å². The number of guanidine groups is 1. The van der Waals surface area contributed by atoms with Crippen molar-refractivity contribution in [3.8, 4) is 0 Å². The smallest absolute Gasteiger partial charge is 0.251 e. The van der Waals surface area contributed by atoms with Gasteiger partial charge in [0, 0.05) is 51.7 Å². The van der Waals surface area contributed by atoms with E-state index >= 15 is 0 Å². The van der Waals surface area contributed by atoms with Crippen LogP contribution in [0.1, 0.15) is 22.5 Å². The molecule has 2 rings (SSSR count). The SMILES string of the molecule is CN=C(NCCCNC(=O)c1ccccc1)N(C)Cc1cc(Cl)cn1C. The molecule has 0 saturated heterocycles. The van der Waals surface area contributed by atoms with Gasteiger partial charge in [-0.05, 0) is 24.6 Å². The van der Waals surface area contributed by atoms with Crippen LogP contribution in [-0.4, -0.2) is 48.5 Å². The Bertz CT molecular complexity index is 742. The van der Waals surface area contributed by atoms with E-state index in [0.717, 1.165) is 29.6 Å². The third-order valence-electron chi connectivity index (χ3n) is 4.01. The number of amides is 1. The standard InChI is InChI=1S/C19H26ClN5O/c1-21-19(25(3)14-17-12-16(20)13-24(17)2)23-11-7-10-22-18(26)15-8-5-4-6-9-15/h4-6,8-9,12-13H,7,10-11,14H2,1-3H3,(H,21,23)(H,22,26). The Balaban J connectivity index is 1.71. The molecule has 2 aromatic rings. The number of carbonyl (C=O) groups excluding carboxylic acids is 1. The fourth-order valence-electron chi connectivity index (χ4n) is 2.61. The molecule has 1 heterocycles. The summed E-state index contributed by atoms with van der Waals surface area (Å²) in [4.78, 5) is 18.3. The predicted molar refractivity (Wildman–Crippen MR) is 107 cm³/mol. The van der Waals surface area contributed by atoms with Gasteiger partial charge < -0.3 is 20.1 Å². The zero-order valence-electron chi connectivity index (χ0n) is 15.5. The van der Waals surface area contributed by atoms with Crippen molar-refractivity contribution in [2.75, 3.05) is 27.2 Å². The van der Waals surface area contributed by atoms with Crippen LogP contribution in [-0.2, 0) is 13.6 Å². The quantitative estimate of drug-likeness (QED) is 0.444. The first-order valence-corrected chi connectivity index (χ1v) is 8.95. The molecule has 0 radical (unpaired) electrons. The van der Waals surface area contributed by atoms with Crippen LogP contribution in [0, 0.1) is 0 Å². The third kappa shape index (κ3) is 5.81. The monoisotopic (exact) mass is 375 g/mol. The molecule has 1 aromatic heterocycles. The number of hydrogen-bond acceptors (Lipinski definition) is 2. The second-order valence-corrected chi connectivity index (χ2v) is 6.50. The van der Waals surface area contributed by atoms with Crippen molar-refractivity contribution in [3.63, 3.8) is 0 Å². The van der Waals surface area contributed by atoms with Gasteiger partial charge in [0.05, 0.1) is 11.6 Å². The van der Waals surface area contributed by atoms with Crippen LogP contribution in [0.15, 0.2) is 47.6 Å².